The first-order chi connectivity index (χ1) is 9.26. The van der Waals surface area contributed by atoms with Crippen LogP contribution in [0.4, 0.5) is 0 Å². The summed E-state index contributed by atoms with van der Waals surface area (Å²) in [5, 5.41) is 4.47. The fourth-order valence-corrected chi connectivity index (χ4v) is 2.20. The topological polar surface area (TPSA) is 39.4 Å². The Balaban J connectivity index is 1.95. The van der Waals surface area contributed by atoms with Crippen LogP contribution in [-0.2, 0) is 6.42 Å². The van der Waals surface area contributed by atoms with Crippen molar-refractivity contribution in [3.8, 4) is 5.88 Å². The van der Waals surface area contributed by atoms with E-state index in [0.29, 0.717) is 12.3 Å². The molecule has 0 aliphatic carbocycles. The predicted molar refractivity (Wildman–Crippen MR) is 76.5 cm³/mol. The van der Waals surface area contributed by atoms with Gasteiger partial charge in [-0.25, -0.2) is 4.98 Å². The second-order valence-electron chi connectivity index (χ2n) is 4.17. The van der Waals surface area contributed by atoms with Crippen LogP contribution in [0.25, 0.3) is 5.65 Å². The van der Waals surface area contributed by atoms with Crippen LogP contribution >= 0.6 is 15.9 Å². The van der Waals surface area contributed by atoms with Gasteiger partial charge in [-0.15, -0.1) is 5.10 Å². The van der Waals surface area contributed by atoms with Crippen molar-refractivity contribution in [3.63, 3.8) is 0 Å². The standard InChI is InChI=1S/C14H12BrN3O/c1-19-14-4-2-3-13-16-12(17-18(13)14)9-10-5-7-11(15)8-6-10/h2-8H,9H2,1H3. The second kappa shape index (κ2) is 5.01. The van der Waals surface area contributed by atoms with Gasteiger partial charge in [-0.1, -0.05) is 34.1 Å². The van der Waals surface area contributed by atoms with E-state index in [1.54, 1.807) is 11.6 Å². The average Bonchev–Trinajstić information content (AvgIpc) is 2.83. The van der Waals surface area contributed by atoms with Gasteiger partial charge in [-0.3, -0.25) is 0 Å². The molecule has 2 aromatic heterocycles. The van der Waals surface area contributed by atoms with E-state index in [1.807, 2.05) is 30.3 Å². The summed E-state index contributed by atoms with van der Waals surface area (Å²) < 4.78 is 8.05. The third-order valence-corrected chi connectivity index (χ3v) is 3.38. The number of hydrogen-bond donors (Lipinski definition) is 0. The summed E-state index contributed by atoms with van der Waals surface area (Å²) in [5.74, 6) is 1.47. The molecule has 4 nitrogen and oxygen atoms in total. The van der Waals surface area contributed by atoms with Crippen LogP contribution in [0.5, 0.6) is 5.88 Å². The fraction of sp³-hybridized carbons (Fsp3) is 0.143. The van der Waals surface area contributed by atoms with E-state index in [4.69, 9.17) is 4.74 Å². The molecule has 0 bridgehead atoms. The van der Waals surface area contributed by atoms with Gasteiger partial charge < -0.3 is 4.74 Å². The molecule has 19 heavy (non-hydrogen) atoms. The van der Waals surface area contributed by atoms with Crippen molar-refractivity contribution in [2.24, 2.45) is 0 Å². The molecule has 96 valence electrons. The molecule has 1 aromatic carbocycles. The minimum absolute atomic E-state index is 0.687. The van der Waals surface area contributed by atoms with Gasteiger partial charge >= 0.3 is 0 Å². The zero-order valence-electron chi connectivity index (χ0n) is 10.4. The Morgan fingerprint density at radius 1 is 1.16 bits per heavy atom. The van der Waals surface area contributed by atoms with Gasteiger partial charge in [-0.2, -0.15) is 4.52 Å². The van der Waals surface area contributed by atoms with Crippen molar-refractivity contribution < 1.29 is 4.74 Å². The lowest BCUT2D eigenvalue weighted by Gasteiger charge is -2.00. The molecule has 0 amide bonds. The number of halogens is 1. The number of pyridine rings is 1. The largest absolute Gasteiger partial charge is 0.481 e. The summed E-state index contributed by atoms with van der Waals surface area (Å²) in [7, 11) is 1.63. The first kappa shape index (κ1) is 12.2. The Morgan fingerprint density at radius 3 is 2.68 bits per heavy atom. The Morgan fingerprint density at radius 2 is 1.95 bits per heavy atom. The van der Waals surface area contributed by atoms with Crippen LogP contribution in [0.3, 0.4) is 0 Å². The van der Waals surface area contributed by atoms with E-state index in [9.17, 15) is 0 Å². The molecule has 0 spiro atoms. The van der Waals surface area contributed by atoms with Gasteiger partial charge in [0.25, 0.3) is 0 Å². The van der Waals surface area contributed by atoms with Crippen LogP contribution in [-0.4, -0.2) is 21.7 Å². The van der Waals surface area contributed by atoms with Crippen LogP contribution in [0, 0.1) is 0 Å². The first-order valence-corrected chi connectivity index (χ1v) is 6.68. The molecule has 0 radical (unpaired) electrons. The van der Waals surface area contributed by atoms with Gasteiger partial charge in [0.1, 0.15) is 0 Å². The molecule has 0 atom stereocenters. The Bertz CT molecular complexity index is 706. The second-order valence-corrected chi connectivity index (χ2v) is 5.09. The van der Waals surface area contributed by atoms with Crippen LogP contribution < -0.4 is 4.74 Å². The molecule has 5 heteroatoms. The number of hydrogen-bond acceptors (Lipinski definition) is 3. The Kier molecular flexibility index (Phi) is 3.21. The summed E-state index contributed by atoms with van der Waals surface area (Å²) in [6.07, 6.45) is 0.706. The number of rotatable bonds is 3. The third-order valence-electron chi connectivity index (χ3n) is 2.85. The molecule has 3 aromatic rings. The molecule has 3 rings (SSSR count). The van der Waals surface area contributed by atoms with Gasteiger partial charge in [0, 0.05) is 17.0 Å². The zero-order valence-corrected chi connectivity index (χ0v) is 12.0. The fourth-order valence-electron chi connectivity index (χ4n) is 1.94. The van der Waals surface area contributed by atoms with Gasteiger partial charge in [0.2, 0.25) is 5.88 Å². The van der Waals surface area contributed by atoms with E-state index in [1.165, 1.54) is 5.56 Å². The van der Waals surface area contributed by atoms with Crippen molar-refractivity contribution in [2.45, 2.75) is 6.42 Å². The highest BCUT2D eigenvalue weighted by atomic mass is 79.9. The van der Waals surface area contributed by atoms with Crippen LogP contribution in [0.15, 0.2) is 46.9 Å². The molecule has 0 saturated heterocycles. The molecular formula is C14H12BrN3O. The molecule has 0 unspecified atom stereocenters. The summed E-state index contributed by atoms with van der Waals surface area (Å²) >= 11 is 3.43. The minimum Gasteiger partial charge on any atom is -0.481 e. The van der Waals surface area contributed by atoms with Crippen molar-refractivity contribution in [2.75, 3.05) is 7.11 Å². The predicted octanol–water partition coefficient (Wildman–Crippen LogP) is 3.09. The number of ether oxygens (including phenoxy) is 1. The SMILES string of the molecule is COc1cccc2nc(Cc3ccc(Br)cc3)nn12. The van der Waals surface area contributed by atoms with E-state index < -0.39 is 0 Å². The summed E-state index contributed by atoms with van der Waals surface area (Å²) in [6.45, 7) is 0. The Labute approximate surface area is 119 Å². The highest BCUT2D eigenvalue weighted by molar-refractivity contribution is 9.10. The van der Waals surface area contributed by atoms with E-state index in [-0.39, 0.29) is 0 Å². The van der Waals surface area contributed by atoms with E-state index in [0.717, 1.165) is 15.9 Å². The maximum atomic E-state index is 5.26. The zero-order chi connectivity index (χ0) is 13.2. The Hall–Kier alpha value is -1.88. The summed E-state index contributed by atoms with van der Waals surface area (Å²) in [5.41, 5.74) is 1.98. The molecular weight excluding hydrogens is 306 g/mol. The number of aromatic nitrogens is 3. The summed E-state index contributed by atoms with van der Waals surface area (Å²) in [4.78, 5) is 4.50. The lowest BCUT2D eigenvalue weighted by atomic mass is 10.1. The lowest BCUT2D eigenvalue weighted by molar-refractivity contribution is 0.385. The third kappa shape index (κ3) is 2.46. The maximum absolute atomic E-state index is 5.26. The molecule has 0 N–H and O–H groups in total. The van der Waals surface area contributed by atoms with E-state index >= 15 is 0 Å². The highest BCUT2D eigenvalue weighted by Gasteiger charge is 2.07. The highest BCUT2D eigenvalue weighted by Crippen LogP contribution is 2.16. The normalized spacial score (nSPS) is 10.8. The first-order valence-electron chi connectivity index (χ1n) is 5.89. The molecule has 0 fully saturated rings. The van der Waals surface area contributed by atoms with Crippen molar-refractivity contribution in [1.29, 1.82) is 0 Å². The monoisotopic (exact) mass is 317 g/mol. The molecule has 0 aliphatic rings. The summed E-state index contributed by atoms with van der Waals surface area (Å²) in [6, 6.07) is 13.9. The number of nitrogens with zero attached hydrogens (tertiary/aromatic N) is 3. The van der Waals surface area contributed by atoms with Gasteiger partial charge in [0.15, 0.2) is 11.5 Å². The van der Waals surface area contributed by atoms with Gasteiger partial charge in [-0.05, 0) is 23.8 Å². The van der Waals surface area contributed by atoms with Crippen molar-refractivity contribution in [1.82, 2.24) is 14.6 Å². The van der Waals surface area contributed by atoms with Crippen molar-refractivity contribution in [3.05, 3.63) is 58.3 Å². The average molecular weight is 318 g/mol. The van der Waals surface area contributed by atoms with Gasteiger partial charge in [0.05, 0.1) is 7.11 Å². The lowest BCUT2D eigenvalue weighted by Crippen LogP contribution is -1.96. The number of methoxy groups -OCH3 is 1. The molecule has 0 saturated carbocycles. The number of benzene rings is 1. The van der Waals surface area contributed by atoms with Crippen LogP contribution in [0.2, 0.25) is 0 Å². The smallest absolute Gasteiger partial charge is 0.216 e. The quantitative estimate of drug-likeness (QED) is 0.745. The molecule has 2 heterocycles. The van der Waals surface area contributed by atoms with Crippen molar-refractivity contribution >= 4 is 21.6 Å². The molecule has 0 aliphatic heterocycles. The minimum atomic E-state index is 0.687. The van der Waals surface area contributed by atoms with Crippen LogP contribution in [0.1, 0.15) is 11.4 Å². The van der Waals surface area contributed by atoms with E-state index in [2.05, 4.69) is 38.1 Å². The number of fused-ring (bicyclic) bond motifs is 1. The maximum Gasteiger partial charge on any atom is 0.216 e.